The number of H-pyrrole nitrogens is 1. The second-order valence-electron chi connectivity index (χ2n) is 8.73. The van der Waals surface area contributed by atoms with Gasteiger partial charge in [0.1, 0.15) is 11.3 Å². The average molecular weight is 347 g/mol. The first-order valence-electron chi connectivity index (χ1n) is 9.05. The van der Waals surface area contributed by atoms with Crippen molar-refractivity contribution < 1.29 is 4.42 Å². The second kappa shape index (κ2) is 5.70. The molecule has 26 heavy (non-hydrogen) atoms. The standard InChI is InChI=1S/C22H25N3O/c1-21(2,3)17-13-23-12-14-10-15(26-20(14)17)11-22(4,5)16-6-8-24-18-7-9-25-19(16)18/h6-10,12-13,25H,11H2,1-5H3. The molecule has 0 aliphatic carbocycles. The van der Waals surface area contributed by atoms with Crippen molar-refractivity contribution in [2.75, 3.05) is 0 Å². The number of furan rings is 1. The zero-order valence-corrected chi connectivity index (χ0v) is 16.1. The molecule has 4 heterocycles. The molecule has 0 spiro atoms. The Kier molecular flexibility index (Phi) is 3.69. The van der Waals surface area contributed by atoms with Crippen LogP contribution in [0.1, 0.15) is 51.5 Å². The topological polar surface area (TPSA) is 54.7 Å². The molecule has 4 aromatic heterocycles. The lowest BCUT2D eigenvalue weighted by Gasteiger charge is -2.24. The van der Waals surface area contributed by atoms with Gasteiger partial charge in [0, 0.05) is 42.2 Å². The van der Waals surface area contributed by atoms with Crippen LogP contribution in [0.2, 0.25) is 0 Å². The van der Waals surface area contributed by atoms with Crippen molar-refractivity contribution in [2.24, 2.45) is 0 Å². The van der Waals surface area contributed by atoms with Crippen molar-refractivity contribution in [3.8, 4) is 0 Å². The van der Waals surface area contributed by atoms with Gasteiger partial charge in [0.15, 0.2) is 0 Å². The summed E-state index contributed by atoms with van der Waals surface area (Å²) in [7, 11) is 0. The van der Waals surface area contributed by atoms with E-state index in [-0.39, 0.29) is 10.8 Å². The molecule has 4 rings (SSSR count). The van der Waals surface area contributed by atoms with Gasteiger partial charge in [-0.05, 0) is 34.6 Å². The van der Waals surface area contributed by atoms with Gasteiger partial charge in [-0.3, -0.25) is 9.97 Å². The summed E-state index contributed by atoms with van der Waals surface area (Å²) >= 11 is 0. The summed E-state index contributed by atoms with van der Waals surface area (Å²) < 4.78 is 6.31. The highest BCUT2D eigenvalue weighted by molar-refractivity contribution is 5.81. The van der Waals surface area contributed by atoms with Crippen LogP contribution in [0.15, 0.2) is 47.4 Å². The van der Waals surface area contributed by atoms with E-state index >= 15 is 0 Å². The first-order chi connectivity index (χ1) is 12.3. The maximum Gasteiger partial charge on any atom is 0.141 e. The molecule has 1 N–H and O–H groups in total. The van der Waals surface area contributed by atoms with Crippen LogP contribution in [-0.2, 0) is 17.3 Å². The minimum absolute atomic E-state index is 0.00133. The predicted molar refractivity (Wildman–Crippen MR) is 106 cm³/mol. The number of nitrogens with one attached hydrogen (secondary N) is 1. The maximum absolute atomic E-state index is 6.31. The highest BCUT2D eigenvalue weighted by atomic mass is 16.3. The van der Waals surface area contributed by atoms with Crippen LogP contribution in [0.4, 0.5) is 0 Å². The number of aromatic nitrogens is 3. The zero-order valence-electron chi connectivity index (χ0n) is 16.1. The van der Waals surface area contributed by atoms with Gasteiger partial charge in [0.25, 0.3) is 0 Å². The fourth-order valence-corrected chi connectivity index (χ4v) is 3.69. The van der Waals surface area contributed by atoms with Crippen molar-refractivity contribution in [2.45, 2.75) is 51.9 Å². The van der Waals surface area contributed by atoms with E-state index in [0.29, 0.717) is 0 Å². The third-order valence-corrected chi connectivity index (χ3v) is 5.08. The Hall–Kier alpha value is -2.62. The Morgan fingerprint density at radius 1 is 1.04 bits per heavy atom. The number of rotatable bonds is 3. The van der Waals surface area contributed by atoms with E-state index in [1.807, 2.05) is 30.9 Å². The summed E-state index contributed by atoms with van der Waals surface area (Å²) in [4.78, 5) is 12.2. The number of fused-ring (bicyclic) bond motifs is 2. The largest absolute Gasteiger partial charge is 0.461 e. The summed E-state index contributed by atoms with van der Waals surface area (Å²) in [6.07, 6.45) is 8.45. The smallest absolute Gasteiger partial charge is 0.141 e. The van der Waals surface area contributed by atoms with E-state index in [9.17, 15) is 0 Å². The monoisotopic (exact) mass is 347 g/mol. The third kappa shape index (κ3) is 2.79. The second-order valence-corrected chi connectivity index (χ2v) is 8.73. The summed E-state index contributed by atoms with van der Waals surface area (Å²) in [6.45, 7) is 11.1. The molecule has 0 amide bonds. The fraction of sp³-hybridized carbons (Fsp3) is 0.364. The van der Waals surface area contributed by atoms with E-state index in [4.69, 9.17) is 4.42 Å². The Morgan fingerprint density at radius 2 is 1.85 bits per heavy atom. The van der Waals surface area contributed by atoms with Crippen molar-refractivity contribution >= 4 is 22.0 Å². The Balaban J connectivity index is 1.76. The van der Waals surface area contributed by atoms with Gasteiger partial charge in [-0.15, -0.1) is 0 Å². The molecule has 0 aliphatic heterocycles. The molecule has 4 aromatic rings. The van der Waals surface area contributed by atoms with Gasteiger partial charge in [0.05, 0.1) is 11.0 Å². The molecule has 0 atom stereocenters. The van der Waals surface area contributed by atoms with Gasteiger partial charge in [0.2, 0.25) is 0 Å². The van der Waals surface area contributed by atoms with Gasteiger partial charge < -0.3 is 9.40 Å². The van der Waals surface area contributed by atoms with Crippen molar-refractivity contribution in [3.63, 3.8) is 0 Å². The summed E-state index contributed by atoms with van der Waals surface area (Å²) in [6, 6.07) is 6.24. The third-order valence-electron chi connectivity index (χ3n) is 5.08. The fourth-order valence-electron chi connectivity index (χ4n) is 3.69. The lowest BCUT2D eigenvalue weighted by molar-refractivity contribution is 0.445. The highest BCUT2D eigenvalue weighted by Crippen LogP contribution is 2.35. The van der Waals surface area contributed by atoms with Crippen LogP contribution < -0.4 is 0 Å². The average Bonchev–Trinajstić information content (AvgIpc) is 3.18. The predicted octanol–water partition coefficient (Wildman–Crippen LogP) is 5.52. The minimum Gasteiger partial charge on any atom is -0.461 e. The number of pyridine rings is 2. The highest BCUT2D eigenvalue weighted by Gasteiger charge is 2.27. The lowest BCUT2D eigenvalue weighted by atomic mass is 9.80. The Labute approximate surface area is 153 Å². The van der Waals surface area contributed by atoms with Crippen molar-refractivity contribution in [1.29, 1.82) is 0 Å². The molecule has 0 radical (unpaired) electrons. The normalized spacial score (nSPS) is 13.0. The van der Waals surface area contributed by atoms with Crippen LogP contribution in [0, 0.1) is 0 Å². The molecule has 0 aliphatic rings. The molecular weight excluding hydrogens is 322 g/mol. The van der Waals surface area contributed by atoms with Gasteiger partial charge in [-0.2, -0.15) is 0 Å². The molecule has 134 valence electrons. The van der Waals surface area contributed by atoms with Crippen molar-refractivity contribution in [1.82, 2.24) is 15.0 Å². The molecule has 0 saturated heterocycles. The Morgan fingerprint density at radius 3 is 2.62 bits per heavy atom. The van der Waals surface area contributed by atoms with Crippen molar-refractivity contribution in [3.05, 3.63) is 59.9 Å². The number of hydrogen-bond acceptors (Lipinski definition) is 3. The zero-order chi connectivity index (χ0) is 18.5. The number of nitrogens with zero attached hydrogens (tertiary/aromatic N) is 2. The maximum atomic E-state index is 6.31. The first kappa shape index (κ1) is 16.8. The molecular formula is C22H25N3O. The molecule has 0 aromatic carbocycles. The van der Waals surface area contributed by atoms with Gasteiger partial charge >= 0.3 is 0 Å². The minimum atomic E-state index is -0.0881. The van der Waals surface area contributed by atoms with Crippen LogP contribution in [0.25, 0.3) is 22.0 Å². The van der Waals surface area contributed by atoms with Crippen LogP contribution >= 0.6 is 0 Å². The van der Waals surface area contributed by atoms with Crippen LogP contribution in [0.5, 0.6) is 0 Å². The molecule has 4 heteroatoms. The molecule has 0 unspecified atom stereocenters. The molecule has 0 saturated carbocycles. The number of aromatic amines is 1. The van der Waals surface area contributed by atoms with E-state index < -0.39 is 0 Å². The summed E-state index contributed by atoms with van der Waals surface area (Å²) in [5.41, 5.74) is 5.37. The summed E-state index contributed by atoms with van der Waals surface area (Å²) in [5, 5.41) is 1.07. The van der Waals surface area contributed by atoms with Gasteiger partial charge in [-0.25, -0.2) is 0 Å². The van der Waals surface area contributed by atoms with Crippen LogP contribution in [0.3, 0.4) is 0 Å². The quantitative estimate of drug-likeness (QED) is 0.531. The molecule has 0 fully saturated rings. The molecule has 4 nitrogen and oxygen atoms in total. The molecule has 0 bridgehead atoms. The lowest BCUT2D eigenvalue weighted by Crippen LogP contribution is -2.20. The van der Waals surface area contributed by atoms with Crippen LogP contribution in [-0.4, -0.2) is 15.0 Å². The van der Waals surface area contributed by atoms with E-state index in [0.717, 1.165) is 39.7 Å². The Bertz CT molecular complexity index is 1080. The van der Waals surface area contributed by atoms with E-state index in [2.05, 4.69) is 61.7 Å². The van der Waals surface area contributed by atoms with Gasteiger partial charge in [-0.1, -0.05) is 34.6 Å². The first-order valence-corrected chi connectivity index (χ1v) is 9.05. The number of hydrogen-bond donors (Lipinski definition) is 1. The summed E-state index contributed by atoms with van der Waals surface area (Å²) in [5.74, 6) is 0.986. The van der Waals surface area contributed by atoms with E-state index in [1.165, 1.54) is 5.56 Å². The van der Waals surface area contributed by atoms with E-state index in [1.54, 1.807) is 0 Å². The SMILES string of the molecule is CC(C)(C)c1cncc2cc(CC(C)(C)c3ccnc4cc[nH]c34)oc12.